The second-order valence-electron chi connectivity index (χ2n) is 5.40. The van der Waals surface area contributed by atoms with Crippen molar-refractivity contribution in [3.8, 4) is 11.4 Å². The highest BCUT2D eigenvalue weighted by molar-refractivity contribution is 5.86. The van der Waals surface area contributed by atoms with Gasteiger partial charge in [-0.25, -0.2) is 4.98 Å². The van der Waals surface area contributed by atoms with Crippen LogP contribution in [0.3, 0.4) is 0 Å². The molecule has 0 unspecified atom stereocenters. The summed E-state index contributed by atoms with van der Waals surface area (Å²) < 4.78 is 7.40. The van der Waals surface area contributed by atoms with Gasteiger partial charge in [0.15, 0.2) is 0 Å². The van der Waals surface area contributed by atoms with Crippen molar-refractivity contribution in [3.05, 3.63) is 53.0 Å². The van der Waals surface area contributed by atoms with Crippen molar-refractivity contribution in [1.29, 1.82) is 0 Å². The summed E-state index contributed by atoms with van der Waals surface area (Å²) in [5.41, 5.74) is 1.85. The molecule has 1 aromatic carbocycles. The zero-order valence-electron chi connectivity index (χ0n) is 11.7. The largest absolute Gasteiger partial charge is 0.495 e. The molecule has 1 fully saturated rings. The van der Waals surface area contributed by atoms with E-state index in [4.69, 9.17) is 4.74 Å². The quantitative estimate of drug-likeness (QED) is 0.802. The van der Waals surface area contributed by atoms with Crippen molar-refractivity contribution in [1.82, 2.24) is 14.5 Å². The van der Waals surface area contributed by atoms with Gasteiger partial charge in [-0.15, -0.1) is 0 Å². The fourth-order valence-electron chi connectivity index (χ4n) is 2.63. The Morgan fingerprint density at radius 3 is 3.00 bits per heavy atom. The number of methoxy groups -OCH3 is 1. The average Bonchev–Trinajstić information content (AvgIpc) is 3.24. The molecule has 3 aromatic rings. The van der Waals surface area contributed by atoms with E-state index >= 15 is 0 Å². The van der Waals surface area contributed by atoms with Crippen molar-refractivity contribution in [2.45, 2.75) is 18.8 Å². The normalized spacial score (nSPS) is 14.5. The van der Waals surface area contributed by atoms with Gasteiger partial charge >= 0.3 is 0 Å². The van der Waals surface area contributed by atoms with E-state index in [-0.39, 0.29) is 5.56 Å². The number of aromatic amines is 1. The van der Waals surface area contributed by atoms with Crippen LogP contribution in [0.1, 0.15) is 24.5 Å². The number of nitrogens with zero attached hydrogens (tertiary/aromatic N) is 2. The van der Waals surface area contributed by atoms with E-state index in [1.54, 1.807) is 19.6 Å². The van der Waals surface area contributed by atoms with Gasteiger partial charge in [-0.2, -0.15) is 0 Å². The second-order valence-corrected chi connectivity index (χ2v) is 5.40. The van der Waals surface area contributed by atoms with E-state index in [1.165, 1.54) is 12.8 Å². The van der Waals surface area contributed by atoms with Crippen LogP contribution >= 0.6 is 0 Å². The molecule has 0 spiro atoms. The van der Waals surface area contributed by atoms with E-state index in [2.05, 4.69) is 9.97 Å². The molecule has 1 N–H and O–H groups in total. The van der Waals surface area contributed by atoms with Crippen molar-refractivity contribution >= 4 is 10.8 Å². The van der Waals surface area contributed by atoms with E-state index in [0.29, 0.717) is 11.3 Å². The summed E-state index contributed by atoms with van der Waals surface area (Å²) in [7, 11) is 1.64. The molecule has 0 bridgehead atoms. The lowest BCUT2D eigenvalue weighted by Crippen LogP contribution is -2.06. The molecule has 106 valence electrons. The highest BCUT2D eigenvalue weighted by atomic mass is 16.5. The molecule has 4 rings (SSSR count). The summed E-state index contributed by atoms with van der Waals surface area (Å²) in [5.74, 6) is 1.33. The smallest absolute Gasteiger partial charge is 0.255 e. The standard InChI is InChI=1S/C16H15N3O2/c1-21-15-6-11-4-5-17-16(20)12(11)7-14(15)19-8-13(18-9-19)10-2-3-10/h4-10H,2-3H2,1H3,(H,17,20). The van der Waals surface area contributed by atoms with Crippen molar-refractivity contribution in [3.63, 3.8) is 0 Å². The summed E-state index contributed by atoms with van der Waals surface area (Å²) in [6.07, 6.45) is 7.89. The van der Waals surface area contributed by atoms with E-state index in [1.807, 2.05) is 29.0 Å². The maximum absolute atomic E-state index is 12.0. The van der Waals surface area contributed by atoms with Gasteiger partial charge in [0.05, 0.1) is 24.8 Å². The maximum Gasteiger partial charge on any atom is 0.255 e. The Morgan fingerprint density at radius 1 is 1.38 bits per heavy atom. The number of fused-ring (bicyclic) bond motifs is 1. The van der Waals surface area contributed by atoms with Crippen LogP contribution in [0.2, 0.25) is 0 Å². The van der Waals surface area contributed by atoms with Crippen LogP contribution in [-0.2, 0) is 0 Å². The van der Waals surface area contributed by atoms with E-state index in [0.717, 1.165) is 22.5 Å². The number of benzene rings is 1. The molecule has 0 aliphatic heterocycles. The summed E-state index contributed by atoms with van der Waals surface area (Å²) in [5, 5.41) is 1.51. The van der Waals surface area contributed by atoms with Gasteiger partial charge in [0, 0.05) is 23.7 Å². The first-order chi connectivity index (χ1) is 10.3. The summed E-state index contributed by atoms with van der Waals surface area (Å²) in [6, 6.07) is 5.61. The summed E-state index contributed by atoms with van der Waals surface area (Å²) >= 11 is 0. The number of imidazole rings is 1. The number of ether oxygens (including phenoxy) is 1. The Hall–Kier alpha value is -2.56. The summed E-state index contributed by atoms with van der Waals surface area (Å²) in [6.45, 7) is 0. The lowest BCUT2D eigenvalue weighted by molar-refractivity contribution is 0.413. The molecular weight excluding hydrogens is 266 g/mol. The minimum absolute atomic E-state index is 0.0982. The van der Waals surface area contributed by atoms with Crippen LogP contribution in [0, 0.1) is 0 Å². The van der Waals surface area contributed by atoms with Gasteiger partial charge in [0.2, 0.25) is 0 Å². The van der Waals surface area contributed by atoms with Crippen LogP contribution in [0.15, 0.2) is 41.7 Å². The third kappa shape index (κ3) is 2.01. The van der Waals surface area contributed by atoms with Gasteiger partial charge in [-0.05, 0) is 36.4 Å². The fourth-order valence-corrected chi connectivity index (χ4v) is 2.63. The van der Waals surface area contributed by atoms with Crippen molar-refractivity contribution in [2.75, 3.05) is 7.11 Å². The van der Waals surface area contributed by atoms with Crippen molar-refractivity contribution < 1.29 is 4.74 Å². The van der Waals surface area contributed by atoms with Gasteiger partial charge in [0.25, 0.3) is 5.56 Å². The molecule has 2 aromatic heterocycles. The Kier molecular flexibility index (Phi) is 2.60. The van der Waals surface area contributed by atoms with Crippen LogP contribution in [-0.4, -0.2) is 21.6 Å². The van der Waals surface area contributed by atoms with E-state index < -0.39 is 0 Å². The first-order valence-corrected chi connectivity index (χ1v) is 7.00. The van der Waals surface area contributed by atoms with Gasteiger partial charge in [0.1, 0.15) is 5.75 Å². The monoisotopic (exact) mass is 281 g/mol. The van der Waals surface area contributed by atoms with Gasteiger partial charge < -0.3 is 14.3 Å². The topological polar surface area (TPSA) is 59.9 Å². The minimum atomic E-state index is -0.0982. The lowest BCUT2D eigenvalue weighted by Gasteiger charge is -2.10. The Labute approximate surface area is 121 Å². The first kappa shape index (κ1) is 12.2. The van der Waals surface area contributed by atoms with Gasteiger partial charge in [-0.3, -0.25) is 4.79 Å². The number of hydrogen-bond donors (Lipinski definition) is 1. The Balaban J connectivity index is 1.92. The number of nitrogens with one attached hydrogen (secondary N) is 1. The molecule has 0 atom stereocenters. The fraction of sp³-hybridized carbons (Fsp3) is 0.250. The zero-order valence-corrected chi connectivity index (χ0v) is 11.7. The molecule has 2 heterocycles. The van der Waals surface area contributed by atoms with Crippen LogP contribution in [0.4, 0.5) is 0 Å². The second kappa shape index (κ2) is 4.48. The first-order valence-electron chi connectivity index (χ1n) is 7.00. The molecule has 5 nitrogen and oxygen atoms in total. The molecule has 1 aliphatic rings. The molecular formula is C16H15N3O2. The SMILES string of the molecule is COc1cc2cc[nH]c(=O)c2cc1-n1cnc(C2CC2)c1. The van der Waals surface area contributed by atoms with Crippen LogP contribution in [0.5, 0.6) is 5.75 Å². The number of rotatable bonds is 3. The minimum Gasteiger partial charge on any atom is -0.495 e. The number of pyridine rings is 1. The highest BCUT2D eigenvalue weighted by Gasteiger charge is 2.26. The number of H-pyrrole nitrogens is 1. The molecule has 0 radical (unpaired) electrons. The van der Waals surface area contributed by atoms with Crippen LogP contribution in [0.25, 0.3) is 16.5 Å². The van der Waals surface area contributed by atoms with Crippen molar-refractivity contribution in [2.24, 2.45) is 0 Å². The molecule has 0 saturated heterocycles. The third-order valence-electron chi connectivity index (χ3n) is 3.95. The maximum atomic E-state index is 12.0. The predicted octanol–water partition coefficient (Wildman–Crippen LogP) is 2.60. The lowest BCUT2D eigenvalue weighted by atomic mass is 10.1. The van der Waals surface area contributed by atoms with Gasteiger partial charge in [-0.1, -0.05) is 0 Å². The number of hydrogen-bond acceptors (Lipinski definition) is 3. The van der Waals surface area contributed by atoms with E-state index in [9.17, 15) is 4.79 Å². The summed E-state index contributed by atoms with van der Waals surface area (Å²) in [4.78, 5) is 19.1. The number of aromatic nitrogens is 3. The third-order valence-corrected chi connectivity index (χ3v) is 3.95. The Morgan fingerprint density at radius 2 is 2.24 bits per heavy atom. The Bertz CT molecular complexity index is 875. The molecule has 1 saturated carbocycles. The highest BCUT2D eigenvalue weighted by Crippen LogP contribution is 2.39. The molecule has 21 heavy (non-hydrogen) atoms. The molecule has 0 amide bonds. The predicted molar refractivity (Wildman–Crippen MR) is 80.2 cm³/mol. The molecule has 5 heteroatoms. The molecule has 1 aliphatic carbocycles. The average molecular weight is 281 g/mol. The van der Waals surface area contributed by atoms with Crippen LogP contribution < -0.4 is 10.3 Å². The zero-order chi connectivity index (χ0) is 14.4.